The predicted molar refractivity (Wildman–Crippen MR) is 113 cm³/mol. The van der Waals surface area contributed by atoms with E-state index >= 15 is 0 Å². The Morgan fingerprint density at radius 2 is 1.71 bits per heavy atom. The highest BCUT2D eigenvalue weighted by atomic mass is 32.1. The minimum absolute atomic E-state index is 0.234. The molecule has 3 aromatic heterocycles. The maximum Gasteiger partial charge on any atom is 0.141 e. The standard InChI is InChI=1S/C22H21FN4S/c1-14-19(17-4-6-18(23)7-5-17)20-21(25-15(2)26-22(20)28-14)27(3)13-10-16-8-11-24-12-9-16/h4-9,11-12H,10,13H2,1-3H3. The number of likely N-dealkylation sites (N-methyl/N-ethyl adjacent to an activating group) is 1. The molecule has 0 bridgehead atoms. The SMILES string of the molecule is Cc1nc(N(C)CCc2ccncc2)c2c(-c3ccc(F)cc3)c(C)sc2n1. The van der Waals surface area contributed by atoms with Gasteiger partial charge in [0.25, 0.3) is 0 Å². The number of nitrogens with zero attached hydrogens (tertiary/aromatic N) is 4. The highest BCUT2D eigenvalue weighted by molar-refractivity contribution is 7.19. The van der Waals surface area contributed by atoms with Gasteiger partial charge in [-0.2, -0.15) is 0 Å². The van der Waals surface area contributed by atoms with Crippen molar-refractivity contribution in [2.45, 2.75) is 20.3 Å². The van der Waals surface area contributed by atoms with Crippen LogP contribution < -0.4 is 4.90 Å². The van der Waals surface area contributed by atoms with Gasteiger partial charge in [0.1, 0.15) is 22.3 Å². The first-order valence-electron chi connectivity index (χ1n) is 9.16. The Hall–Kier alpha value is -2.86. The smallest absolute Gasteiger partial charge is 0.141 e. The van der Waals surface area contributed by atoms with Crippen LogP contribution in [0.3, 0.4) is 0 Å². The van der Waals surface area contributed by atoms with Crippen LogP contribution in [0.4, 0.5) is 10.2 Å². The molecule has 0 fully saturated rings. The molecule has 3 heterocycles. The number of pyridine rings is 1. The van der Waals surface area contributed by atoms with Crippen LogP contribution in [0.5, 0.6) is 0 Å². The van der Waals surface area contributed by atoms with Gasteiger partial charge in [0.15, 0.2) is 0 Å². The summed E-state index contributed by atoms with van der Waals surface area (Å²) in [4.78, 5) is 17.8. The molecule has 142 valence electrons. The largest absolute Gasteiger partial charge is 0.359 e. The number of anilines is 1. The van der Waals surface area contributed by atoms with Crippen molar-refractivity contribution in [3.63, 3.8) is 0 Å². The Labute approximate surface area is 167 Å². The molecule has 0 unspecified atom stereocenters. The molecule has 0 spiro atoms. The normalized spacial score (nSPS) is 11.1. The van der Waals surface area contributed by atoms with E-state index < -0.39 is 0 Å². The lowest BCUT2D eigenvalue weighted by Gasteiger charge is -2.20. The molecule has 0 radical (unpaired) electrons. The maximum atomic E-state index is 13.4. The van der Waals surface area contributed by atoms with Gasteiger partial charge in [-0.05, 0) is 55.7 Å². The number of hydrogen-bond acceptors (Lipinski definition) is 5. The molecule has 0 amide bonds. The van der Waals surface area contributed by atoms with Gasteiger partial charge in [-0.1, -0.05) is 12.1 Å². The van der Waals surface area contributed by atoms with Crippen LogP contribution in [0.15, 0.2) is 48.8 Å². The van der Waals surface area contributed by atoms with Crippen molar-refractivity contribution in [2.24, 2.45) is 0 Å². The number of rotatable bonds is 5. The van der Waals surface area contributed by atoms with Crippen molar-refractivity contribution in [2.75, 3.05) is 18.5 Å². The molecule has 1 aromatic carbocycles. The second kappa shape index (κ2) is 7.64. The molecule has 0 N–H and O–H groups in total. The minimum Gasteiger partial charge on any atom is -0.359 e. The van der Waals surface area contributed by atoms with Gasteiger partial charge in [-0.15, -0.1) is 11.3 Å². The number of benzene rings is 1. The zero-order valence-electron chi connectivity index (χ0n) is 16.1. The zero-order chi connectivity index (χ0) is 19.7. The Bertz CT molecular complexity index is 1110. The Kier molecular flexibility index (Phi) is 5.05. The second-order valence-electron chi connectivity index (χ2n) is 6.84. The monoisotopic (exact) mass is 392 g/mol. The average molecular weight is 393 g/mol. The number of fused-ring (bicyclic) bond motifs is 1. The van der Waals surface area contributed by atoms with Crippen molar-refractivity contribution in [1.82, 2.24) is 15.0 Å². The van der Waals surface area contributed by atoms with E-state index in [1.807, 2.05) is 43.6 Å². The van der Waals surface area contributed by atoms with Crippen LogP contribution in [-0.4, -0.2) is 28.5 Å². The van der Waals surface area contributed by atoms with E-state index in [9.17, 15) is 4.39 Å². The van der Waals surface area contributed by atoms with Crippen LogP contribution in [-0.2, 0) is 6.42 Å². The van der Waals surface area contributed by atoms with E-state index in [1.165, 1.54) is 17.7 Å². The van der Waals surface area contributed by atoms with Gasteiger partial charge >= 0.3 is 0 Å². The number of aryl methyl sites for hydroxylation is 2. The quantitative estimate of drug-likeness (QED) is 0.469. The van der Waals surface area contributed by atoms with Gasteiger partial charge in [0, 0.05) is 36.4 Å². The molecule has 4 nitrogen and oxygen atoms in total. The van der Waals surface area contributed by atoms with Crippen molar-refractivity contribution in [3.05, 3.63) is 70.9 Å². The molecule has 0 atom stereocenters. The van der Waals surface area contributed by atoms with Crippen molar-refractivity contribution >= 4 is 27.4 Å². The van der Waals surface area contributed by atoms with E-state index in [2.05, 4.69) is 28.8 Å². The second-order valence-corrected chi connectivity index (χ2v) is 8.04. The Morgan fingerprint density at radius 3 is 2.43 bits per heavy atom. The molecule has 0 aliphatic rings. The van der Waals surface area contributed by atoms with Crippen LogP contribution in [0, 0.1) is 19.7 Å². The van der Waals surface area contributed by atoms with Crippen LogP contribution in [0.25, 0.3) is 21.3 Å². The molecule has 4 rings (SSSR count). The summed E-state index contributed by atoms with van der Waals surface area (Å²) in [7, 11) is 2.06. The lowest BCUT2D eigenvalue weighted by atomic mass is 10.0. The van der Waals surface area contributed by atoms with Crippen molar-refractivity contribution in [1.29, 1.82) is 0 Å². The first-order chi connectivity index (χ1) is 13.5. The Morgan fingerprint density at radius 1 is 1.00 bits per heavy atom. The summed E-state index contributed by atoms with van der Waals surface area (Å²) in [6, 6.07) is 10.7. The first kappa shape index (κ1) is 18.5. The third-order valence-electron chi connectivity index (χ3n) is 4.80. The fourth-order valence-corrected chi connectivity index (χ4v) is 4.48. The lowest BCUT2D eigenvalue weighted by Crippen LogP contribution is -2.22. The molecular weight excluding hydrogens is 371 g/mol. The molecule has 4 aromatic rings. The fourth-order valence-electron chi connectivity index (χ4n) is 3.39. The summed E-state index contributed by atoms with van der Waals surface area (Å²) >= 11 is 1.66. The van der Waals surface area contributed by atoms with E-state index in [-0.39, 0.29) is 5.82 Å². The first-order valence-corrected chi connectivity index (χ1v) is 9.98. The third kappa shape index (κ3) is 3.60. The van der Waals surface area contributed by atoms with Crippen LogP contribution in [0.1, 0.15) is 16.3 Å². The molecule has 28 heavy (non-hydrogen) atoms. The highest BCUT2D eigenvalue weighted by Crippen LogP contribution is 2.41. The Balaban J connectivity index is 1.77. The minimum atomic E-state index is -0.234. The topological polar surface area (TPSA) is 41.9 Å². The van der Waals surface area contributed by atoms with E-state index in [0.717, 1.165) is 50.8 Å². The highest BCUT2D eigenvalue weighted by Gasteiger charge is 2.20. The molecule has 0 saturated carbocycles. The molecular formula is C22H21FN4S. The number of hydrogen-bond donors (Lipinski definition) is 0. The number of aromatic nitrogens is 3. The summed E-state index contributed by atoms with van der Waals surface area (Å²) in [6.07, 6.45) is 4.53. The van der Waals surface area contributed by atoms with Gasteiger partial charge in [-0.25, -0.2) is 14.4 Å². The average Bonchev–Trinajstić information content (AvgIpc) is 3.02. The predicted octanol–water partition coefficient (Wildman–Crippen LogP) is 5.19. The number of thiophene rings is 1. The summed E-state index contributed by atoms with van der Waals surface area (Å²) in [5.74, 6) is 1.44. The van der Waals surface area contributed by atoms with Gasteiger partial charge < -0.3 is 4.90 Å². The van der Waals surface area contributed by atoms with E-state index in [4.69, 9.17) is 4.98 Å². The molecule has 0 aliphatic heterocycles. The van der Waals surface area contributed by atoms with E-state index in [1.54, 1.807) is 11.3 Å². The van der Waals surface area contributed by atoms with Crippen molar-refractivity contribution < 1.29 is 4.39 Å². The maximum absolute atomic E-state index is 13.4. The summed E-state index contributed by atoms with van der Waals surface area (Å²) < 4.78 is 13.4. The molecule has 0 aliphatic carbocycles. The third-order valence-corrected chi connectivity index (χ3v) is 5.80. The van der Waals surface area contributed by atoms with Gasteiger partial charge in [-0.3, -0.25) is 4.98 Å². The van der Waals surface area contributed by atoms with Gasteiger partial charge in [0.2, 0.25) is 0 Å². The summed E-state index contributed by atoms with van der Waals surface area (Å²) in [5, 5.41) is 1.04. The van der Waals surface area contributed by atoms with Gasteiger partial charge in [0.05, 0.1) is 5.39 Å². The van der Waals surface area contributed by atoms with E-state index in [0.29, 0.717) is 0 Å². The fraction of sp³-hybridized carbons (Fsp3) is 0.227. The summed E-state index contributed by atoms with van der Waals surface area (Å²) in [6.45, 7) is 4.83. The van der Waals surface area contributed by atoms with Crippen LogP contribution >= 0.6 is 11.3 Å². The molecule has 0 saturated heterocycles. The summed E-state index contributed by atoms with van der Waals surface area (Å²) in [5.41, 5.74) is 3.32. The zero-order valence-corrected chi connectivity index (χ0v) is 16.9. The lowest BCUT2D eigenvalue weighted by molar-refractivity contribution is 0.628. The number of halogens is 1. The molecule has 6 heteroatoms. The van der Waals surface area contributed by atoms with Crippen LogP contribution in [0.2, 0.25) is 0 Å². The van der Waals surface area contributed by atoms with Crippen molar-refractivity contribution in [3.8, 4) is 11.1 Å².